The highest BCUT2D eigenvalue weighted by Crippen LogP contribution is 2.12. The quantitative estimate of drug-likeness (QED) is 0.678. The monoisotopic (exact) mass is 207 g/mol. The Morgan fingerprint density at radius 1 is 1.33 bits per heavy atom. The number of rotatable bonds is 3. The Balaban J connectivity index is 2.47. The minimum atomic E-state index is -0.841. The molecular weight excluding hydrogens is 194 g/mol. The second-order valence-electron chi connectivity index (χ2n) is 3.08. The molecule has 0 aromatic heterocycles. The molecule has 0 saturated heterocycles. The number of hydrogen-bond acceptors (Lipinski definition) is 3. The largest absolute Gasteiger partial charge is 0.376 e. The number of benzene rings is 1. The van der Waals surface area contributed by atoms with Crippen molar-refractivity contribution in [3.8, 4) is 0 Å². The van der Waals surface area contributed by atoms with Gasteiger partial charge in [0, 0.05) is 5.69 Å². The SMILES string of the molecule is Cc1ccccc1NCC(=O)NC(N)=O. The zero-order valence-corrected chi connectivity index (χ0v) is 8.41. The molecule has 0 aliphatic rings. The number of urea groups is 1. The summed E-state index contributed by atoms with van der Waals surface area (Å²) in [7, 11) is 0. The first-order chi connectivity index (χ1) is 7.09. The number of primary amides is 1. The van der Waals surface area contributed by atoms with Crippen LogP contribution in [0.3, 0.4) is 0 Å². The minimum Gasteiger partial charge on any atom is -0.376 e. The second-order valence-corrected chi connectivity index (χ2v) is 3.08. The lowest BCUT2D eigenvalue weighted by molar-refractivity contribution is -0.118. The number of anilines is 1. The average molecular weight is 207 g/mol. The average Bonchev–Trinajstić information content (AvgIpc) is 2.15. The van der Waals surface area contributed by atoms with Crippen LogP contribution < -0.4 is 16.4 Å². The van der Waals surface area contributed by atoms with Crippen molar-refractivity contribution >= 4 is 17.6 Å². The van der Waals surface area contributed by atoms with Gasteiger partial charge in [0.05, 0.1) is 6.54 Å². The van der Waals surface area contributed by atoms with Crippen LogP contribution >= 0.6 is 0 Å². The van der Waals surface area contributed by atoms with Gasteiger partial charge in [0.15, 0.2) is 0 Å². The highest BCUT2D eigenvalue weighted by Gasteiger charge is 2.03. The van der Waals surface area contributed by atoms with E-state index < -0.39 is 11.9 Å². The number of hydrogen-bond donors (Lipinski definition) is 3. The van der Waals surface area contributed by atoms with E-state index in [1.165, 1.54) is 0 Å². The molecule has 0 unspecified atom stereocenters. The zero-order chi connectivity index (χ0) is 11.3. The van der Waals surface area contributed by atoms with Crippen molar-refractivity contribution in [2.75, 3.05) is 11.9 Å². The summed E-state index contributed by atoms with van der Waals surface area (Å²) in [4.78, 5) is 21.4. The van der Waals surface area contributed by atoms with Crippen molar-refractivity contribution < 1.29 is 9.59 Å². The molecule has 0 atom stereocenters. The van der Waals surface area contributed by atoms with E-state index in [1.807, 2.05) is 36.5 Å². The predicted octanol–water partition coefficient (Wildman–Crippen LogP) is 0.602. The third-order valence-electron chi connectivity index (χ3n) is 1.85. The van der Waals surface area contributed by atoms with Gasteiger partial charge in [0.25, 0.3) is 0 Å². The summed E-state index contributed by atoms with van der Waals surface area (Å²) in [6, 6.07) is 6.71. The number of nitrogens with one attached hydrogen (secondary N) is 2. The molecule has 5 nitrogen and oxygen atoms in total. The standard InChI is InChI=1S/C10H13N3O2/c1-7-4-2-3-5-8(7)12-6-9(14)13-10(11)15/h2-5,12H,6H2,1H3,(H3,11,13,14,15). The number of para-hydroxylation sites is 1. The molecule has 5 heteroatoms. The summed E-state index contributed by atoms with van der Waals surface area (Å²) in [5.74, 6) is -0.453. The van der Waals surface area contributed by atoms with Gasteiger partial charge < -0.3 is 11.1 Å². The first-order valence-electron chi connectivity index (χ1n) is 4.48. The van der Waals surface area contributed by atoms with Gasteiger partial charge in [-0.2, -0.15) is 0 Å². The van der Waals surface area contributed by atoms with E-state index in [0.717, 1.165) is 11.3 Å². The molecule has 80 valence electrons. The van der Waals surface area contributed by atoms with Crippen LogP contribution in [-0.4, -0.2) is 18.5 Å². The molecular formula is C10H13N3O2. The number of carbonyl (C=O) groups is 2. The molecule has 0 fully saturated rings. The van der Waals surface area contributed by atoms with E-state index in [4.69, 9.17) is 5.73 Å². The smallest absolute Gasteiger partial charge is 0.318 e. The van der Waals surface area contributed by atoms with E-state index in [-0.39, 0.29) is 6.54 Å². The van der Waals surface area contributed by atoms with Gasteiger partial charge in [-0.3, -0.25) is 10.1 Å². The molecule has 0 aliphatic carbocycles. The van der Waals surface area contributed by atoms with E-state index in [1.54, 1.807) is 0 Å². The summed E-state index contributed by atoms with van der Waals surface area (Å²) < 4.78 is 0. The third kappa shape index (κ3) is 3.68. The minimum absolute atomic E-state index is 0.0216. The molecule has 0 radical (unpaired) electrons. The molecule has 0 bridgehead atoms. The van der Waals surface area contributed by atoms with Crippen molar-refractivity contribution in [2.24, 2.45) is 5.73 Å². The summed E-state index contributed by atoms with van der Waals surface area (Å²) in [5, 5.41) is 4.87. The molecule has 4 N–H and O–H groups in total. The Bertz CT molecular complexity index is 377. The summed E-state index contributed by atoms with van der Waals surface area (Å²) in [5.41, 5.74) is 6.68. The first kappa shape index (κ1) is 11.0. The second kappa shape index (κ2) is 4.99. The van der Waals surface area contributed by atoms with Crippen LogP contribution in [0.1, 0.15) is 5.56 Å². The van der Waals surface area contributed by atoms with Crippen LogP contribution in [0.2, 0.25) is 0 Å². The van der Waals surface area contributed by atoms with Crippen molar-refractivity contribution in [3.63, 3.8) is 0 Å². The lowest BCUT2D eigenvalue weighted by Gasteiger charge is -2.07. The predicted molar refractivity (Wildman–Crippen MR) is 57.4 cm³/mol. The highest BCUT2D eigenvalue weighted by molar-refractivity contribution is 5.95. The van der Waals surface area contributed by atoms with Gasteiger partial charge in [0.1, 0.15) is 0 Å². The molecule has 0 saturated carbocycles. The van der Waals surface area contributed by atoms with Crippen molar-refractivity contribution in [3.05, 3.63) is 29.8 Å². The summed E-state index contributed by atoms with van der Waals surface area (Å²) in [6.07, 6.45) is 0. The maximum atomic E-state index is 11.1. The van der Waals surface area contributed by atoms with E-state index >= 15 is 0 Å². The Morgan fingerprint density at radius 2 is 2.00 bits per heavy atom. The van der Waals surface area contributed by atoms with Crippen LogP contribution in [0.5, 0.6) is 0 Å². The number of carbonyl (C=O) groups excluding carboxylic acids is 2. The molecule has 1 aromatic rings. The summed E-state index contributed by atoms with van der Waals surface area (Å²) in [6.45, 7) is 1.95. The topological polar surface area (TPSA) is 84.2 Å². The lowest BCUT2D eigenvalue weighted by Crippen LogP contribution is -2.38. The van der Waals surface area contributed by atoms with Crippen LogP contribution in [0.4, 0.5) is 10.5 Å². The Hall–Kier alpha value is -2.04. The number of aryl methyl sites for hydroxylation is 1. The molecule has 15 heavy (non-hydrogen) atoms. The molecule has 1 rings (SSSR count). The van der Waals surface area contributed by atoms with Gasteiger partial charge in [-0.25, -0.2) is 4.79 Å². The molecule has 0 spiro atoms. The zero-order valence-electron chi connectivity index (χ0n) is 8.41. The van der Waals surface area contributed by atoms with Gasteiger partial charge in [-0.15, -0.1) is 0 Å². The van der Waals surface area contributed by atoms with Gasteiger partial charge in [0.2, 0.25) is 5.91 Å². The fraction of sp³-hybridized carbons (Fsp3) is 0.200. The van der Waals surface area contributed by atoms with Crippen LogP contribution in [0.25, 0.3) is 0 Å². The maximum absolute atomic E-state index is 11.1. The molecule has 0 aliphatic heterocycles. The lowest BCUT2D eigenvalue weighted by atomic mass is 10.2. The Morgan fingerprint density at radius 3 is 2.60 bits per heavy atom. The molecule has 3 amide bonds. The number of nitrogens with two attached hydrogens (primary N) is 1. The van der Waals surface area contributed by atoms with Crippen LogP contribution in [0.15, 0.2) is 24.3 Å². The molecule has 0 heterocycles. The maximum Gasteiger partial charge on any atom is 0.318 e. The number of amides is 3. The third-order valence-corrected chi connectivity index (χ3v) is 1.85. The van der Waals surface area contributed by atoms with Crippen molar-refractivity contribution in [1.29, 1.82) is 0 Å². The van der Waals surface area contributed by atoms with Crippen molar-refractivity contribution in [2.45, 2.75) is 6.92 Å². The van der Waals surface area contributed by atoms with Gasteiger partial charge >= 0.3 is 6.03 Å². The normalized spacial score (nSPS) is 9.40. The van der Waals surface area contributed by atoms with Crippen LogP contribution in [-0.2, 0) is 4.79 Å². The van der Waals surface area contributed by atoms with E-state index in [2.05, 4.69) is 5.32 Å². The first-order valence-corrected chi connectivity index (χ1v) is 4.48. The van der Waals surface area contributed by atoms with E-state index in [0.29, 0.717) is 0 Å². The van der Waals surface area contributed by atoms with Crippen molar-refractivity contribution in [1.82, 2.24) is 5.32 Å². The van der Waals surface area contributed by atoms with Gasteiger partial charge in [-0.05, 0) is 18.6 Å². The Labute approximate surface area is 87.7 Å². The van der Waals surface area contributed by atoms with Gasteiger partial charge in [-0.1, -0.05) is 18.2 Å². The fourth-order valence-corrected chi connectivity index (χ4v) is 1.13. The van der Waals surface area contributed by atoms with Crippen LogP contribution in [0, 0.1) is 6.92 Å². The fourth-order valence-electron chi connectivity index (χ4n) is 1.13. The molecule has 1 aromatic carbocycles. The Kier molecular flexibility index (Phi) is 3.68. The van der Waals surface area contributed by atoms with E-state index in [9.17, 15) is 9.59 Å². The summed E-state index contributed by atoms with van der Waals surface area (Å²) >= 11 is 0. The highest BCUT2D eigenvalue weighted by atomic mass is 16.2. The number of imide groups is 1.